The average Bonchev–Trinajstić information content (AvgIpc) is 3.17. The largest absolute Gasteiger partial charge is 0.340 e. The first-order valence-electron chi connectivity index (χ1n) is 11.3. The fourth-order valence-corrected chi connectivity index (χ4v) is 5.31. The van der Waals surface area contributed by atoms with Crippen molar-refractivity contribution in [1.82, 2.24) is 15.2 Å². The highest BCUT2D eigenvalue weighted by molar-refractivity contribution is 6.32. The molecule has 7 heteroatoms. The molecule has 1 saturated heterocycles. The van der Waals surface area contributed by atoms with Crippen molar-refractivity contribution in [3.05, 3.63) is 88.5 Å². The molecule has 2 aliphatic rings. The van der Waals surface area contributed by atoms with Crippen LogP contribution in [-0.4, -0.2) is 48.0 Å². The first-order chi connectivity index (χ1) is 16.1. The van der Waals surface area contributed by atoms with E-state index in [1.54, 1.807) is 19.2 Å². The summed E-state index contributed by atoms with van der Waals surface area (Å²) in [7, 11) is 0. The fraction of sp³-hybridized carbons (Fsp3) is 0.308. The molecular formula is C26H26ClFN4O. The molecule has 1 N–H and O–H groups in total. The summed E-state index contributed by atoms with van der Waals surface area (Å²) in [5.74, 6) is -0.585. The van der Waals surface area contributed by atoms with Crippen molar-refractivity contribution in [3.63, 3.8) is 0 Å². The minimum absolute atomic E-state index is 0.0810. The number of fused-ring (bicyclic) bond motifs is 1. The van der Waals surface area contributed by atoms with Crippen LogP contribution in [0.2, 0.25) is 5.15 Å². The number of aromatic nitrogens is 1. The minimum Gasteiger partial charge on any atom is -0.340 e. The lowest BCUT2D eigenvalue weighted by atomic mass is 9.88. The van der Waals surface area contributed by atoms with Gasteiger partial charge in [-0.15, -0.1) is 0 Å². The number of rotatable bonds is 4. The monoisotopic (exact) mass is 464 g/mol. The Morgan fingerprint density at radius 3 is 2.64 bits per heavy atom. The number of nitrogens with zero attached hydrogens (tertiary/aromatic N) is 3. The van der Waals surface area contributed by atoms with Gasteiger partial charge in [0.05, 0.1) is 17.6 Å². The van der Waals surface area contributed by atoms with Crippen LogP contribution < -0.4 is 10.2 Å². The molecule has 5 rings (SSSR count). The van der Waals surface area contributed by atoms with Gasteiger partial charge in [-0.05, 0) is 54.3 Å². The summed E-state index contributed by atoms with van der Waals surface area (Å²) < 4.78 is 14.4. The molecule has 0 spiro atoms. The molecule has 3 heterocycles. The van der Waals surface area contributed by atoms with E-state index >= 15 is 0 Å². The van der Waals surface area contributed by atoms with E-state index in [2.05, 4.69) is 15.2 Å². The number of carbonyl (C=O) groups is 1. The zero-order valence-corrected chi connectivity index (χ0v) is 19.2. The maximum absolute atomic E-state index is 14.4. The van der Waals surface area contributed by atoms with Crippen molar-refractivity contribution < 1.29 is 9.18 Å². The van der Waals surface area contributed by atoms with Crippen molar-refractivity contribution in [1.29, 1.82) is 0 Å². The second-order valence-corrected chi connectivity index (χ2v) is 8.95. The SMILES string of the molecule is Cc1c(F)cccc1CC1C(C(=O)N2CCNCC2)c2ccnc(Cl)c2N1c1ccccc1. The highest BCUT2D eigenvalue weighted by Gasteiger charge is 2.46. The van der Waals surface area contributed by atoms with Crippen LogP contribution in [0.25, 0.3) is 0 Å². The Morgan fingerprint density at radius 1 is 1.12 bits per heavy atom. The smallest absolute Gasteiger partial charge is 0.232 e. The predicted molar refractivity (Wildman–Crippen MR) is 129 cm³/mol. The highest BCUT2D eigenvalue weighted by Crippen LogP contribution is 2.49. The number of piperazine rings is 1. The number of carbonyl (C=O) groups excluding carboxylic acids is 1. The number of benzene rings is 2. The van der Waals surface area contributed by atoms with Crippen LogP contribution in [0.1, 0.15) is 22.6 Å². The van der Waals surface area contributed by atoms with E-state index < -0.39 is 5.92 Å². The van der Waals surface area contributed by atoms with Gasteiger partial charge in [-0.1, -0.05) is 41.9 Å². The zero-order chi connectivity index (χ0) is 22.9. The summed E-state index contributed by atoms with van der Waals surface area (Å²) in [4.78, 5) is 22.3. The maximum atomic E-state index is 14.4. The topological polar surface area (TPSA) is 48.5 Å². The Balaban J connectivity index is 1.65. The lowest BCUT2D eigenvalue weighted by molar-refractivity contribution is -0.133. The van der Waals surface area contributed by atoms with Crippen molar-refractivity contribution in [2.45, 2.75) is 25.3 Å². The third kappa shape index (κ3) is 3.98. The molecular weight excluding hydrogens is 439 g/mol. The first kappa shape index (κ1) is 21.9. The fourth-order valence-electron chi connectivity index (χ4n) is 5.05. The van der Waals surface area contributed by atoms with E-state index in [0.29, 0.717) is 30.2 Å². The molecule has 3 aromatic rings. The zero-order valence-electron chi connectivity index (χ0n) is 18.5. The van der Waals surface area contributed by atoms with Gasteiger partial charge in [0.15, 0.2) is 5.15 Å². The number of pyridine rings is 1. The van der Waals surface area contributed by atoms with Crippen LogP contribution in [0.3, 0.4) is 0 Å². The van der Waals surface area contributed by atoms with Crippen molar-refractivity contribution >= 4 is 28.9 Å². The molecule has 33 heavy (non-hydrogen) atoms. The molecule has 2 aliphatic heterocycles. The summed E-state index contributed by atoms with van der Waals surface area (Å²) in [6.45, 7) is 4.68. The Hall–Kier alpha value is -2.96. The molecule has 1 aromatic heterocycles. The number of halogens is 2. The number of amides is 1. The molecule has 2 unspecified atom stereocenters. The number of para-hydroxylation sites is 1. The van der Waals surface area contributed by atoms with E-state index in [1.165, 1.54) is 6.07 Å². The van der Waals surface area contributed by atoms with Crippen LogP contribution in [-0.2, 0) is 11.2 Å². The van der Waals surface area contributed by atoms with Gasteiger partial charge in [-0.3, -0.25) is 4.79 Å². The third-order valence-electron chi connectivity index (χ3n) is 6.74. The van der Waals surface area contributed by atoms with E-state index in [9.17, 15) is 9.18 Å². The average molecular weight is 465 g/mol. The number of anilines is 2. The van der Waals surface area contributed by atoms with Crippen LogP contribution in [0.4, 0.5) is 15.8 Å². The molecule has 0 bridgehead atoms. The van der Waals surface area contributed by atoms with Gasteiger partial charge in [0.1, 0.15) is 5.82 Å². The Morgan fingerprint density at radius 2 is 1.88 bits per heavy atom. The van der Waals surface area contributed by atoms with Gasteiger partial charge in [0.2, 0.25) is 5.91 Å². The second kappa shape index (κ2) is 9.12. The molecule has 1 amide bonds. The van der Waals surface area contributed by atoms with Crippen LogP contribution >= 0.6 is 11.6 Å². The molecule has 5 nitrogen and oxygen atoms in total. The summed E-state index contributed by atoms with van der Waals surface area (Å²) in [6.07, 6.45) is 2.17. The minimum atomic E-state index is -0.429. The highest BCUT2D eigenvalue weighted by atomic mass is 35.5. The third-order valence-corrected chi connectivity index (χ3v) is 7.02. The molecule has 0 radical (unpaired) electrons. The van der Waals surface area contributed by atoms with Crippen molar-refractivity contribution in [2.24, 2.45) is 0 Å². The maximum Gasteiger partial charge on any atom is 0.232 e. The first-order valence-corrected chi connectivity index (χ1v) is 11.7. The quantitative estimate of drug-likeness (QED) is 0.579. The van der Waals surface area contributed by atoms with Crippen LogP contribution in [0.5, 0.6) is 0 Å². The van der Waals surface area contributed by atoms with E-state index in [1.807, 2.05) is 47.4 Å². The molecule has 2 atom stereocenters. The summed E-state index contributed by atoms with van der Waals surface area (Å²) in [5, 5.41) is 3.68. The Kier molecular flexibility index (Phi) is 6.04. The molecule has 0 saturated carbocycles. The van der Waals surface area contributed by atoms with Crippen LogP contribution in [0, 0.1) is 12.7 Å². The van der Waals surface area contributed by atoms with Gasteiger partial charge >= 0.3 is 0 Å². The lowest BCUT2D eigenvalue weighted by Gasteiger charge is -2.34. The van der Waals surface area contributed by atoms with Crippen molar-refractivity contribution in [3.8, 4) is 0 Å². The summed E-state index contributed by atoms with van der Waals surface area (Å²) in [5.41, 5.74) is 4.07. The predicted octanol–water partition coefficient (Wildman–Crippen LogP) is 4.46. The summed E-state index contributed by atoms with van der Waals surface area (Å²) >= 11 is 6.65. The number of nitrogens with one attached hydrogen (secondary N) is 1. The van der Waals surface area contributed by atoms with Gasteiger partial charge < -0.3 is 15.1 Å². The van der Waals surface area contributed by atoms with Crippen LogP contribution in [0.15, 0.2) is 60.8 Å². The van der Waals surface area contributed by atoms with E-state index in [0.717, 1.165) is 35.6 Å². The van der Waals surface area contributed by atoms with Gasteiger partial charge in [-0.2, -0.15) is 0 Å². The molecule has 0 aliphatic carbocycles. The molecule has 170 valence electrons. The Bertz CT molecular complexity index is 1170. The van der Waals surface area contributed by atoms with Gasteiger partial charge in [0.25, 0.3) is 0 Å². The molecule has 2 aromatic carbocycles. The van der Waals surface area contributed by atoms with E-state index in [-0.39, 0.29) is 17.8 Å². The number of hydrogen-bond donors (Lipinski definition) is 1. The normalized spacial score (nSPS) is 20.1. The van der Waals surface area contributed by atoms with Gasteiger partial charge in [0, 0.05) is 38.1 Å². The Labute approximate surface area is 198 Å². The second-order valence-electron chi connectivity index (χ2n) is 8.59. The lowest BCUT2D eigenvalue weighted by Crippen LogP contribution is -2.50. The van der Waals surface area contributed by atoms with Crippen molar-refractivity contribution in [2.75, 3.05) is 31.1 Å². The number of hydrogen-bond acceptors (Lipinski definition) is 4. The molecule has 1 fully saturated rings. The van der Waals surface area contributed by atoms with Gasteiger partial charge in [-0.25, -0.2) is 9.37 Å². The standard InChI is InChI=1S/C26H26ClFN4O/c1-17-18(6-5-9-21(17)28)16-22-23(26(33)31-14-12-29-13-15-31)20-10-11-30-25(27)24(20)32(22)19-7-3-2-4-8-19/h2-11,22-23,29H,12-16H2,1H3. The summed E-state index contributed by atoms with van der Waals surface area (Å²) in [6, 6.07) is 16.7. The van der Waals surface area contributed by atoms with E-state index in [4.69, 9.17) is 11.6 Å².